The zero-order valence-electron chi connectivity index (χ0n) is 11.7. The first-order chi connectivity index (χ1) is 9.29. The SMILES string of the molecule is CCCCC(=O)NCCOc1ccc2c(c1)CCC2. The number of rotatable bonds is 7. The minimum Gasteiger partial charge on any atom is -0.492 e. The lowest BCUT2D eigenvalue weighted by Crippen LogP contribution is -2.27. The number of hydrogen-bond donors (Lipinski definition) is 1. The van der Waals surface area contributed by atoms with Crippen LogP contribution in [0, 0.1) is 0 Å². The van der Waals surface area contributed by atoms with Crippen molar-refractivity contribution in [2.24, 2.45) is 0 Å². The topological polar surface area (TPSA) is 38.3 Å². The van der Waals surface area contributed by atoms with Crippen molar-refractivity contribution in [3.8, 4) is 5.75 Å². The molecule has 0 fully saturated rings. The van der Waals surface area contributed by atoms with Crippen LogP contribution in [0.25, 0.3) is 0 Å². The lowest BCUT2D eigenvalue weighted by Gasteiger charge is -2.09. The second-order valence-electron chi connectivity index (χ2n) is 5.09. The molecule has 0 spiro atoms. The van der Waals surface area contributed by atoms with Crippen molar-refractivity contribution in [1.82, 2.24) is 5.32 Å². The van der Waals surface area contributed by atoms with E-state index in [2.05, 4.69) is 24.4 Å². The van der Waals surface area contributed by atoms with Crippen molar-refractivity contribution in [2.45, 2.75) is 45.4 Å². The van der Waals surface area contributed by atoms with Crippen LogP contribution in [0.5, 0.6) is 5.75 Å². The highest BCUT2D eigenvalue weighted by Crippen LogP contribution is 2.25. The van der Waals surface area contributed by atoms with Crippen LogP contribution in [0.2, 0.25) is 0 Å². The molecule has 1 aromatic rings. The Kier molecular flexibility index (Phi) is 5.25. The number of nitrogens with one attached hydrogen (secondary N) is 1. The van der Waals surface area contributed by atoms with E-state index in [1.807, 2.05) is 6.07 Å². The zero-order chi connectivity index (χ0) is 13.5. The summed E-state index contributed by atoms with van der Waals surface area (Å²) in [7, 11) is 0. The Morgan fingerprint density at radius 1 is 1.32 bits per heavy atom. The number of fused-ring (bicyclic) bond motifs is 1. The summed E-state index contributed by atoms with van der Waals surface area (Å²) in [5, 5.41) is 2.88. The van der Waals surface area contributed by atoms with Crippen molar-refractivity contribution in [3.05, 3.63) is 29.3 Å². The zero-order valence-corrected chi connectivity index (χ0v) is 11.7. The molecule has 0 saturated heterocycles. The average molecular weight is 261 g/mol. The van der Waals surface area contributed by atoms with Gasteiger partial charge in [-0.15, -0.1) is 0 Å². The summed E-state index contributed by atoms with van der Waals surface area (Å²) in [4.78, 5) is 11.4. The van der Waals surface area contributed by atoms with E-state index < -0.39 is 0 Å². The van der Waals surface area contributed by atoms with E-state index in [0.717, 1.165) is 18.6 Å². The molecule has 3 heteroatoms. The molecule has 0 heterocycles. The van der Waals surface area contributed by atoms with E-state index in [1.165, 1.54) is 30.4 Å². The Hall–Kier alpha value is -1.51. The van der Waals surface area contributed by atoms with Gasteiger partial charge in [0.1, 0.15) is 12.4 Å². The first kappa shape index (κ1) is 13.9. The number of ether oxygens (including phenoxy) is 1. The fraction of sp³-hybridized carbons (Fsp3) is 0.562. The summed E-state index contributed by atoms with van der Waals surface area (Å²) in [6.07, 6.45) is 6.25. The molecular formula is C16H23NO2. The van der Waals surface area contributed by atoms with E-state index in [9.17, 15) is 4.79 Å². The monoisotopic (exact) mass is 261 g/mol. The van der Waals surface area contributed by atoms with Crippen LogP contribution in [0.3, 0.4) is 0 Å². The predicted octanol–water partition coefficient (Wildman–Crippen LogP) is 2.86. The predicted molar refractivity (Wildman–Crippen MR) is 76.5 cm³/mol. The maximum Gasteiger partial charge on any atom is 0.220 e. The highest BCUT2D eigenvalue weighted by atomic mass is 16.5. The second kappa shape index (κ2) is 7.17. The molecule has 1 N–H and O–H groups in total. The Balaban J connectivity index is 1.67. The highest BCUT2D eigenvalue weighted by molar-refractivity contribution is 5.75. The van der Waals surface area contributed by atoms with Gasteiger partial charge in [-0.3, -0.25) is 4.79 Å². The van der Waals surface area contributed by atoms with Gasteiger partial charge in [0.05, 0.1) is 6.54 Å². The van der Waals surface area contributed by atoms with Crippen molar-refractivity contribution in [3.63, 3.8) is 0 Å². The second-order valence-corrected chi connectivity index (χ2v) is 5.09. The summed E-state index contributed by atoms with van der Waals surface area (Å²) in [5.74, 6) is 1.04. The quantitative estimate of drug-likeness (QED) is 0.766. The first-order valence-electron chi connectivity index (χ1n) is 7.31. The standard InChI is InChI=1S/C16H23NO2/c1-2-3-7-16(18)17-10-11-19-15-9-8-13-5-4-6-14(13)12-15/h8-9,12H,2-7,10-11H2,1H3,(H,17,18). The van der Waals surface area contributed by atoms with Crippen LogP contribution in [-0.2, 0) is 17.6 Å². The van der Waals surface area contributed by atoms with Crippen molar-refractivity contribution in [2.75, 3.05) is 13.2 Å². The van der Waals surface area contributed by atoms with E-state index in [1.54, 1.807) is 0 Å². The molecule has 104 valence electrons. The highest BCUT2D eigenvalue weighted by Gasteiger charge is 2.11. The van der Waals surface area contributed by atoms with Gasteiger partial charge in [-0.1, -0.05) is 19.4 Å². The fourth-order valence-electron chi connectivity index (χ4n) is 2.42. The molecule has 1 aliphatic rings. The molecule has 1 amide bonds. The first-order valence-corrected chi connectivity index (χ1v) is 7.31. The normalized spacial score (nSPS) is 13.1. The number of aryl methyl sites for hydroxylation is 2. The number of amides is 1. The maximum atomic E-state index is 11.4. The number of benzene rings is 1. The molecule has 0 aromatic heterocycles. The van der Waals surface area contributed by atoms with E-state index in [-0.39, 0.29) is 5.91 Å². The van der Waals surface area contributed by atoms with Gasteiger partial charge in [0.15, 0.2) is 0 Å². The fourth-order valence-corrected chi connectivity index (χ4v) is 2.42. The smallest absolute Gasteiger partial charge is 0.220 e. The Labute approximate surface area is 115 Å². The third-order valence-corrected chi connectivity index (χ3v) is 3.52. The summed E-state index contributed by atoms with van der Waals surface area (Å²) in [5.41, 5.74) is 2.88. The molecule has 0 bridgehead atoms. The van der Waals surface area contributed by atoms with Crippen molar-refractivity contribution in [1.29, 1.82) is 0 Å². The van der Waals surface area contributed by atoms with Crippen LogP contribution in [-0.4, -0.2) is 19.1 Å². The Morgan fingerprint density at radius 2 is 2.16 bits per heavy atom. The van der Waals surface area contributed by atoms with Crippen LogP contribution in [0.4, 0.5) is 0 Å². The number of unbranched alkanes of at least 4 members (excludes halogenated alkanes) is 1. The van der Waals surface area contributed by atoms with Gasteiger partial charge in [-0.05, 0) is 48.9 Å². The number of carbonyl (C=O) groups excluding carboxylic acids is 1. The van der Waals surface area contributed by atoms with E-state index in [4.69, 9.17) is 4.74 Å². The minimum absolute atomic E-state index is 0.124. The van der Waals surface area contributed by atoms with Crippen LogP contribution in [0.1, 0.15) is 43.7 Å². The molecule has 3 nitrogen and oxygen atoms in total. The number of hydrogen-bond acceptors (Lipinski definition) is 2. The van der Waals surface area contributed by atoms with Crippen LogP contribution in [0.15, 0.2) is 18.2 Å². The molecule has 1 aromatic carbocycles. The van der Waals surface area contributed by atoms with Gasteiger partial charge in [0, 0.05) is 6.42 Å². The molecular weight excluding hydrogens is 238 g/mol. The van der Waals surface area contributed by atoms with Gasteiger partial charge in [0.2, 0.25) is 5.91 Å². The minimum atomic E-state index is 0.124. The maximum absolute atomic E-state index is 11.4. The molecule has 2 rings (SSSR count). The third-order valence-electron chi connectivity index (χ3n) is 3.52. The lowest BCUT2D eigenvalue weighted by molar-refractivity contribution is -0.121. The van der Waals surface area contributed by atoms with Crippen molar-refractivity contribution < 1.29 is 9.53 Å². The lowest BCUT2D eigenvalue weighted by atomic mass is 10.1. The van der Waals surface area contributed by atoms with Crippen LogP contribution >= 0.6 is 0 Å². The summed E-state index contributed by atoms with van der Waals surface area (Å²) in [6, 6.07) is 6.34. The van der Waals surface area contributed by atoms with Gasteiger partial charge in [-0.2, -0.15) is 0 Å². The average Bonchev–Trinajstić information content (AvgIpc) is 2.88. The van der Waals surface area contributed by atoms with Gasteiger partial charge >= 0.3 is 0 Å². The molecule has 0 radical (unpaired) electrons. The Morgan fingerprint density at radius 3 is 3.00 bits per heavy atom. The van der Waals surface area contributed by atoms with Crippen molar-refractivity contribution >= 4 is 5.91 Å². The molecule has 0 aliphatic heterocycles. The Bertz CT molecular complexity index is 429. The molecule has 1 aliphatic carbocycles. The van der Waals surface area contributed by atoms with E-state index >= 15 is 0 Å². The molecule has 19 heavy (non-hydrogen) atoms. The molecule has 0 unspecified atom stereocenters. The molecule has 0 saturated carbocycles. The summed E-state index contributed by atoms with van der Waals surface area (Å²) >= 11 is 0. The van der Waals surface area contributed by atoms with E-state index in [0.29, 0.717) is 19.6 Å². The largest absolute Gasteiger partial charge is 0.492 e. The van der Waals surface area contributed by atoms with Gasteiger partial charge in [0.25, 0.3) is 0 Å². The van der Waals surface area contributed by atoms with Gasteiger partial charge in [-0.25, -0.2) is 0 Å². The van der Waals surface area contributed by atoms with Crippen LogP contribution < -0.4 is 10.1 Å². The summed E-state index contributed by atoms with van der Waals surface area (Å²) < 4.78 is 5.67. The number of carbonyl (C=O) groups is 1. The molecule has 0 atom stereocenters. The van der Waals surface area contributed by atoms with Gasteiger partial charge < -0.3 is 10.1 Å². The summed E-state index contributed by atoms with van der Waals surface area (Å²) in [6.45, 7) is 3.21. The third kappa shape index (κ3) is 4.27.